The molecule has 4 aromatic rings. The van der Waals surface area contributed by atoms with Crippen LogP contribution in [0.4, 0.5) is 0 Å². The number of aromatic nitrogens is 3. The van der Waals surface area contributed by atoms with Crippen molar-refractivity contribution in [1.82, 2.24) is 15.0 Å². The standard InChI is InChI=1S/C23H17N3O2/c1-15-5-8-17(9-6-15)19-4-2-3-18-11-20(23(28)26-22(18)19)21(27)10-7-16-12-24-14-25-13-16/h2-14H,1H3,(H,26,28)/b10-7+. The first-order valence-electron chi connectivity index (χ1n) is 8.82. The molecular weight excluding hydrogens is 350 g/mol. The number of hydrogen-bond donors (Lipinski definition) is 1. The maximum Gasteiger partial charge on any atom is 0.259 e. The molecular formula is C23H17N3O2. The fourth-order valence-corrected chi connectivity index (χ4v) is 3.05. The van der Waals surface area contributed by atoms with E-state index in [1.807, 2.05) is 49.4 Å². The van der Waals surface area contributed by atoms with Crippen LogP contribution in [0.25, 0.3) is 28.1 Å². The zero-order chi connectivity index (χ0) is 19.5. The first-order chi connectivity index (χ1) is 13.6. The van der Waals surface area contributed by atoms with Gasteiger partial charge in [-0.3, -0.25) is 9.59 Å². The Balaban J connectivity index is 1.75. The molecule has 0 amide bonds. The Hall–Kier alpha value is -3.86. The van der Waals surface area contributed by atoms with E-state index in [0.29, 0.717) is 11.1 Å². The molecule has 0 aliphatic heterocycles. The van der Waals surface area contributed by atoms with Gasteiger partial charge >= 0.3 is 0 Å². The van der Waals surface area contributed by atoms with Crippen LogP contribution in [-0.2, 0) is 0 Å². The average Bonchev–Trinajstić information content (AvgIpc) is 2.72. The summed E-state index contributed by atoms with van der Waals surface area (Å²) in [4.78, 5) is 35.8. The number of H-pyrrole nitrogens is 1. The molecule has 0 spiro atoms. The number of aryl methyl sites for hydroxylation is 1. The fraction of sp³-hybridized carbons (Fsp3) is 0.0435. The van der Waals surface area contributed by atoms with Gasteiger partial charge in [0.15, 0.2) is 5.78 Å². The van der Waals surface area contributed by atoms with Gasteiger partial charge in [-0.25, -0.2) is 9.97 Å². The Kier molecular flexibility index (Phi) is 4.64. The number of benzene rings is 2. The number of hydrogen-bond acceptors (Lipinski definition) is 4. The second-order valence-electron chi connectivity index (χ2n) is 6.52. The van der Waals surface area contributed by atoms with Crippen molar-refractivity contribution in [2.24, 2.45) is 0 Å². The highest BCUT2D eigenvalue weighted by Gasteiger charge is 2.12. The maximum absolute atomic E-state index is 12.6. The van der Waals surface area contributed by atoms with Gasteiger partial charge in [-0.2, -0.15) is 0 Å². The van der Waals surface area contributed by atoms with E-state index in [1.54, 1.807) is 24.5 Å². The van der Waals surface area contributed by atoms with E-state index in [-0.39, 0.29) is 11.3 Å². The third kappa shape index (κ3) is 3.50. The van der Waals surface area contributed by atoms with Gasteiger partial charge in [-0.05, 0) is 36.1 Å². The number of pyridine rings is 1. The zero-order valence-electron chi connectivity index (χ0n) is 15.2. The number of aromatic amines is 1. The Morgan fingerprint density at radius 3 is 2.54 bits per heavy atom. The molecule has 4 rings (SSSR count). The highest BCUT2D eigenvalue weighted by atomic mass is 16.1. The van der Waals surface area contributed by atoms with Crippen LogP contribution in [0, 0.1) is 6.92 Å². The number of carbonyl (C=O) groups is 1. The zero-order valence-corrected chi connectivity index (χ0v) is 15.2. The molecule has 2 aromatic carbocycles. The van der Waals surface area contributed by atoms with Crippen molar-refractivity contribution in [3.63, 3.8) is 0 Å². The van der Waals surface area contributed by atoms with Crippen LogP contribution in [0.15, 0.2) is 78.1 Å². The first kappa shape index (κ1) is 17.5. The minimum atomic E-state index is -0.411. The molecule has 0 aliphatic carbocycles. The van der Waals surface area contributed by atoms with Crippen LogP contribution in [0.5, 0.6) is 0 Å². The van der Waals surface area contributed by atoms with Gasteiger partial charge < -0.3 is 4.98 Å². The van der Waals surface area contributed by atoms with Crippen molar-refractivity contribution in [2.45, 2.75) is 6.92 Å². The fourth-order valence-electron chi connectivity index (χ4n) is 3.05. The molecule has 5 heteroatoms. The van der Waals surface area contributed by atoms with Crippen molar-refractivity contribution in [2.75, 3.05) is 0 Å². The highest BCUT2D eigenvalue weighted by molar-refractivity contribution is 6.08. The Morgan fingerprint density at radius 2 is 1.79 bits per heavy atom. The highest BCUT2D eigenvalue weighted by Crippen LogP contribution is 2.27. The molecule has 2 heterocycles. The lowest BCUT2D eigenvalue weighted by Gasteiger charge is -2.08. The predicted molar refractivity (Wildman–Crippen MR) is 110 cm³/mol. The summed E-state index contributed by atoms with van der Waals surface area (Å²) in [6, 6.07) is 15.5. The van der Waals surface area contributed by atoms with Crippen molar-refractivity contribution in [1.29, 1.82) is 0 Å². The molecule has 2 aromatic heterocycles. The monoisotopic (exact) mass is 367 g/mol. The minimum Gasteiger partial charge on any atom is -0.321 e. The number of fused-ring (bicyclic) bond motifs is 1. The van der Waals surface area contributed by atoms with Crippen LogP contribution >= 0.6 is 0 Å². The summed E-state index contributed by atoms with van der Waals surface area (Å²) in [7, 11) is 0. The lowest BCUT2D eigenvalue weighted by Crippen LogP contribution is -2.16. The molecule has 0 saturated carbocycles. The summed E-state index contributed by atoms with van der Waals surface area (Å²) in [6.07, 6.45) is 7.55. The van der Waals surface area contributed by atoms with Crippen LogP contribution in [0.3, 0.4) is 0 Å². The SMILES string of the molecule is Cc1ccc(-c2cccc3cc(C(=O)/C=C/c4cncnc4)c(=O)[nH]c23)cc1. The van der Waals surface area contributed by atoms with E-state index in [1.165, 1.54) is 18.0 Å². The quantitative estimate of drug-likeness (QED) is 0.433. The number of para-hydroxylation sites is 1. The molecule has 136 valence electrons. The van der Waals surface area contributed by atoms with Crippen LogP contribution in [0.1, 0.15) is 21.5 Å². The van der Waals surface area contributed by atoms with Crippen molar-refractivity contribution in [3.8, 4) is 11.1 Å². The molecule has 0 fully saturated rings. The van der Waals surface area contributed by atoms with Gasteiger partial charge in [0, 0.05) is 23.5 Å². The average molecular weight is 367 g/mol. The lowest BCUT2D eigenvalue weighted by atomic mass is 9.99. The number of nitrogens with one attached hydrogen (secondary N) is 1. The smallest absolute Gasteiger partial charge is 0.259 e. The largest absolute Gasteiger partial charge is 0.321 e. The molecule has 0 atom stereocenters. The maximum atomic E-state index is 12.6. The summed E-state index contributed by atoms with van der Waals surface area (Å²) >= 11 is 0. The van der Waals surface area contributed by atoms with Crippen molar-refractivity contribution >= 4 is 22.8 Å². The van der Waals surface area contributed by atoms with Crippen molar-refractivity contribution < 1.29 is 4.79 Å². The van der Waals surface area contributed by atoms with Gasteiger partial charge in [0.25, 0.3) is 5.56 Å². The normalized spacial score (nSPS) is 11.2. The molecule has 5 nitrogen and oxygen atoms in total. The summed E-state index contributed by atoms with van der Waals surface area (Å²) in [5.41, 5.74) is 4.19. The molecule has 0 aliphatic rings. The van der Waals surface area contributed by atoms with Gasteiger partial charge in [0.2, 0.25) is 0 Å². The van der Waals surface area contributed by atoms with Crippen LogP contribution in [-0.4, -0.2) is 20.7 Å². The second-order valence-corrected chi connectivity index (χ2v) is 6.52. The van der Waals surface area contributed by atoms with E-state index < -0.39 is 5.56 Å². The Labute approximate surface area is 161 Å². The van der Waals surface area contributed by atoms with E-state index >= 15 is 0 Å². The number of ketones is 1. The van der Waals surface area contributed by atoms with Crippen LogP contribution in [0.2, 0.25) is 0 Å². The number of rotatable bonds is 4. The third-order valence-electron chi connectivity index (χ3n) is 4.52. The van der Waals surface area contributed by atoms with Gasteiger partial charge in [0.05, 0.1) is 11.1 Å². The summed E-state index contributed by atoms with van der Waals surface area (Å²) < 4.78 is 0. The Morgan fingerprint density at radius 1 is 1.04 bits per heavy atom. The molecule has 0 saturated heterocycles. The summed E-state index contributed by atoms with van der Waals surface area (Å²) in [5.74, 6) is -0.368. The van der Waals surface area contributed by atoms with E-state index in [9.17, 15) is 9.59 Å². The van der Waals surface area contributed by atoms with Gasteiger partial charge in [-0.1, -0.05) is 48.0 Å². The number of carbonyl (C=O) groups excluding carboxylic acids is 1. The number of allylic oxidation sites excluding steroid dienone is 1. The van der Waals surface area contributed by atoms with E-state index in [4.69, 9.17) is 0 Å². The number of nitrogens with zero attached hydrogens (tertiary/aromatic N) is 2. The first-order valence-corrected chi connectivity index (χ1v) is 8.82. The summed E-state index contributed by atoms with van der Waals surface area (Å²) in [5, 5.41) is 0.803. The molecule has 0 unspecified atom stereocenters. The molecule has 28 heavy (non-hydrogen) atoms. The van der Waals surface area contributed by atoms with Crippen molar-refractivity contribution in [3.05, 3.63) is 100 Å². The van der Waals surface area contributed by atoms with Gasteiger partial charge in [-0.15, -0.1) is 0 Å². The Bertz CT molecular complexity index is 1240. The lowest BCUT2D eigenvalue weighted by molar-refractivity contribution is 0.104. The van der Waals surface area contributed by atoms with E-state index in [2.05, 4.69) is 15.0 Å². The van der Waals surface area contributed by atoms with Crippen LogP contribution < -0.4 is 5.56 Å². The second kappa shape index (κ2) is 7.40. The molecule has 0 radical (unpaired) electrons. The third-order valence-corrected chi connectivity index (χ3v) is 4.52. The molecule has 1 N–H and O–H groups in total. The molecule has 0 bridgehead atoms. The minimum absolute atomic E-state index is 0.0988. The predicted octanol–water partition coefficient (Wildman–Crippen LogP) is 4.19. The van der Waals surface area contributed by atoms with Gasteiger partial charge in [0.1, 0.15) is 6.33 Å². The topological polar surface area (TPSA) is 75.7 Å². The summed E-state index contributed by atoms with van der Waals surface area (Å²) in [6.45, 7) is 2.03. The van der Waals surface area contributed by atoms with E-state index in [0.717, 1.165) is 16.5 Å².